The number of aliphatic imine (C=N–C) groups is 1. The number of hydrogen-bond acceptors (Lipinski definition) is 5. The van der Waals surface area contributed by atoms with E-state index in [9.17, 15) is 13.3 Å². The Morgan fingerprint density at radius 1 is 1.50 bits per heavy atom. The first-order chi connectivity index (χ1) is 5.72. The predicted molar refractivity (Wildman–Crippen MR) is 29.7 cm³/mol. The lowest BCUT2D eigenvalue weighted by atomic mass is 11.0. The molecule has 0 bridgehead atoms. The monoisotopic (exact) mass is 181 g/mol. The van der Waals surface area contributed by atoms with Gasteiger partial charge in [-0.2, -0.15) is 13.8 Å². The highest BCUT2D eigenvalue weighted by molar-refractivity contribution is 5.75. The predicted octanol–water partition coefficient (Wildman–Crippen LogP) is 1.75. The molecule has 0 amide bonds. The molecule has 1 unspecified atom stereocenters. The van der Waals surface area contributed by atoms with Gasteiger partial charge in [0, 0.05) is 0 Å². The molecule has 0 N–H and O–H groups in total. The van der Waals surface area contributed by atoms with Crippen LogP contribution in [0.1, 0.15) is 0 Å². The molecule has 0 saturated carbocycles. The Bertz CT molecular complexity index is 248. The van der Waals surface area contributed by atoms with Gasteiger partial charge in [0.1, 0.15) is 0 Å². The van der Waals surface area contributed by atoms with Gasteiger partial charge in [-0.1, -0.05) is 5.11 Å². The Morgan fingerprint density at radius 3 is 2.75 bits per heavy atom. The molecular weight excluding hydrogens is 179 g/mol. The lowest BCUT2D eigenvalue weighted by molar-refractivity contribution is -0.172. The van der Waals surface area contributed by atoms with E-state index in [4.69, 9.17) is 0 Å². The van der Waals surface area contributed by atoms with Gasteiger partial charge in [0.2, 0.25) is 0 Å². The summed E-state index contributed by atoms with van der Waals surface area (Å²) in [6.45, 7) is 0. The molecule has 1 atom stereocenters. The Labute approximate surface area is 64.1 Å². The molecule has 8 heteroatoms. The number of hydrogen-bond donors (Lipinski definition) is 0. The lowest BCUT2D eigenvalue weighted by Gasteiger charge is -1.91. The summed E-state index contributed by atoms with van der Waals surface area (Å²) in [6, 6.07) is -0.481. The van der Waals surface area contributed by atoms with Crippen LogP contribution in [0.4, 0.5) is 13.3 Å². The smallest absolute Gasteiger partial charge is 0.340 e. The van der Waals surface area contributed by atoms with Crippen molar-refractivity contribution >= 4 is 6.02 Å². The van der Waals surface area contributed by atoms with Crippen molar-refractivity contribution in [1.29, 1.82) is 0 Å². The quantitative estimate of drug-likeness (QED) is 0.609. The zero-order chi connectivity index (χ0) is 8.97. The third-order valence-electron chi connectivity index (χ3n) is 0.796. The van der Waals surface area contributed by atoms with Crippen LogP contribution in [-0.2, 0) is 9.68 Å². The van der Waals surface area contributed by atoms with Crippen molar-refractivity contribution in [2.45, 2.75) is 6.35 Å². The van der Waals surface area contributed by atoms with Gasteiger partial charge in [-0.25, -0.2) is 0 Å². The summed E-state index contributed by atoms with van der Waals surface area (Å²) >= 11 is 0. The number of amidine groups is 1. The van der Waals surface area contributed by atoms with E-state index in [-0.39, 0.29) is 6.26 Å². The molecule has 1 heterocycles. The summed E-state index contributed by atoms with van der Waals surface area (Å²) in [5.41, 5.74) is 0. The summed E-state index contributed by atoms with van der Waals surface area (Å²) < 4.78 is 38.2. The Hall–Kier alpha value is -1.44. The molecule has 66 valence electrons. The summed E-state index contributed by atoms with van der Waals surface area (Å²) in [6.07, 6.45) is -3.40. The molecule has 1 aliphatic rings. The van der Waals surface area contributed by atoms with Gasteiger partial charge < -0.3 is 4.74 Å². The van der Waals surface area contributed by atoms with Gasteiger partial charge in [-0.15, -0.1) is 10.1 Å². The fourth-order valence-electron chi connectivity index (χ4n) is 0.434. The largest absolute Gasteiger partial charge is 0.426 e. The molecule has 0 radical (unpaired) electrons. The summed E-state index contributed by atoms with van der Waals surface area (Å²) in [5.74, 6) is 0. The molecule has 0 aliphatic carbocycles. The third-order valence-corrected chi connectivity index (χ3v) is 0.796. The van der Waals surface area contributed by atoms with Crippen LogP contribution in [0.5, 0.6) is 0 Å². The van der Waals surface area contributed by atoms with Crippen molar-refractivity contribution < 1.29 is 23.0 Å². The molecule has 5 nitrogen and oxygen atoms in total. The average molecular weight is 181 g/mol. The van der Waals surface area contributed by atoms with Crippen molar-refractivity contribution in [2.24, 2.45) is 15.2 Å². The van der Waals surface area contributed by atoms with Crippen LogP contribution in [0, 0.1) is 0 Å². The van der Waals surface area contributed by atoms with Gasteiger partial charge in [0.25, 0.3) is 0 Å². The van der Waals surface area contributed by atoms with E-state index in [1.807, 2.05) is 0 Å². The molecule has 0 aromatic carbocycles. The number of nitrogens with zero attached hydrogens (tertiary/aromatic N) is 3. The first-order valence-electron chi connectivity index (χ1n) is 2.66. The van der Waals surface area contributed by atoms with Crippen LogP contribution in [-0.4, -0.2) is 12.4 Å². The Morgan fingerprint density at radius 2 is 2.25 bits per heavy atom. The summed E-state index contributed by atoms with van der Waals surface area (Å²) in [5, 5.41) is 6.11. The molecule has 0 saturated heterocycles. The zero-order valence-electron chi connectivity index (χ0n) is 5.45. The highest BCUT2D eigenvalue weighted by atomic mass is 19.3. The van der Waals surface area contributed by atoms with E-state index in [2.05, 4.69) is 24.9 Å². The second-order valence-electron chi connectivity index (χ2n) is 1.57. The number of rotatable bonds is 2. The van der Waals surface area contributed by atoms with Crippen molar-refractivity contribution in [3.05, 3.63) is 12.3 Å². The number of halogens is 3. The van der Waals surface area contributed by atoms with Crippen molar-refractivity contribution in [1.82, 2.24) is 0 Å². The molecule has 0 fully saturated rings. The van der Waals surface area contributed by atoms with E-state index >= 15 is 0 Å². The molecule has 1 aliphatic heterocycles. The van der Waals surface area contributed by atoms with Gasteiger partial charge in [0.05, 0.1) is 0 Å². The highest BCUT2D eigenvalue weighted by Crippen LogP contribution is 2.09. The van der Waals surface area contributed by atoms with Crippen LogP contribution in [0.3, 0.4) is 0 Å². The maximum atomic E-state index is 11.4. The highest BCUT2D eigenvalue weighted by Gasteiger charge is 2.15. The fourth-order valence-corrected chi connectivity index (χ4v) is 0.434. The normalized spacial score (nSPS) is 20.6. The number of ether oxygens (including phenoxy) is 1. The SMILES string of the molecule is FOC1N=NC(OC=C(F)F)=N1. The van der Waals surface area contributed by atoms with Crippen LogP contribution in [0.2, 0.25) is 0 Å². The van der Waals surface area contributed by atoms with Crippen LogP contribution in [0.15, 0.2) is 27.6 Å². The minimum atomic E-state index is -2.06. The maximum absolute atomic E-state index is 11.4. The Balaban J connectivity index is 2.46. The second kappa shape index (κ2) is 3.81. The van der Waals surface area contributed by atoms with Crippen molar-refractivity contribution in [3.63, 3.8) is 0 Å². The van der Waals surface area contributed by atoms with Crippen LogP contribution < -0.4 is 0 Å². The van der Waals surface area contributed by atoms with Crippen LogP contribution in [0.25, 0.3) is 0 Å². The van der Waals surface area contributed by atoms with E-state index in [0.717, 1.165) is 0 Å². The van der Waals surface area contributed by atoms with Gasteiger partial charge in [-0.3, -0.25) is 0 Å². The van der Waals surface area contributed by atoms with E-state index < -0.39 is 18.5 Å². The van der Waals surface area contributed by atoms with E-state index in [1.165, 1.54) is 0 Å². The minimum absolute atomic E-state index is 0.110. The van der Waals surface area contributed by atoms with E-state index in [1.54, 1.807) is 0 Å². The van der Waals surface area contributed by atoms with Crippen molar-refractivity contribution in [3.8, 4) is 0 Å². The van der Waals surface area contributed by atoms with Gasteiger partial charge >= 0.3 is 18.5 Å². The van der Waals surface area contributed by atoms with E-state index in [0.29, 0.717) is 0 Å². The maximum Gasteiger partial charge on any atom is 0.340 e. The number of azo groups is 1. The Kier molecular flexibility index (Phi) is 2.75. The first kappa shape index (κ1) is 8.65. The zero-order valence-corrected chi connectivity index (χ0v) is 5.45. The third kappa shape index (κ3) is 2.31. The first-order valence-corrected chi connectivity index (χ1v) is 2.66. The molecule has 12 heavy (non-hydrogen) atoms. The fraction of sp³-hybridized carbons (Fsp3) is 0.250. The topological polar surface area (TPSA) is 55.5 Å². The molecule has 0 aromatic heterocycles. The summed E-state index contributed by atoms with van der Waals surface area (Å²) in [4.78, 5) is 6.28. The molecule has 0 aromatic rings. The lowest BCUT2D eigenvalue weighted by Crippen LogP contribution is -1.98. The molecule has 0 spiro atoms. The molecular formula is C4H2F3N3O2. The van der Waals surface area contributed by atoms with Gasteiger partial charge in [0.15, 0.2) is 6.26 Å². The summed E-state index contributed by atoms with van der Waals surface area (Å²) in [7, 11) is 0. The second-order valence-corrected chi connectivity index (χ2v) is 1.57. The van der Waals surface area contributed by atoms with Crippen molar-refractivity contribution in [2.75, 3.05) is 0 Å². The molecule has 1 rings (SSSR count). The van der Waals surface area contributed by atoms with Crippen LogP contribution >= 0.6 is 0 Å². The minimum Gasteiger partial charge on any atom is -0.426 e. The standard InChI is InChI=1S/C4H2F3N3O2/c5-2(6)1-11-3-8-4(12-7)10-9-3/h1,4H. The average Bonchev–Trinajstić information content (AvgIpc) is 2.48. The van der Waals surface area contributed by atoms with Gasteiger partial charge in [-0.05, 0) is 4.53 Å².